The molecule has 3 aromatic carbocycles. The number of aromatic nitrogens is 5. The van der Waals surface area contributed by atoms with E-state index in [1.54, 1.807) is 24.0 Å². The summed E-state index contributed by atoms with van der Waals surface area (Å²) in [5.74, 6) is 1.90. The maximum atomic E-state index is 12.6. The number of hydrogen-bond acceptors (Lipinski definition) is 4. The molecule has 0 N–H and O–H groups in total. The minimum absolute atomic E-state index is 0. The number of pyridine rings is 1. The molecule has 0 bridgehead atoms. The van der Waals surface area contributed by atoms with Crippen LogP contribution in [0.5, 0.6) is 11.5 Å². The van der Waals surface area contributed by atoms with Gasteiger partial charge in [-0.1, -0.05) is 62.0 Å². The Morgan fingerprint density at radius 2 is 1.62 bits per heavy atom. The van der Waals surface area contributed by atoms with Crippen molar-refractivity contribution in [3.05, 3.63) is 107 Å². The summed E-state index contributed by atoms with van der Waals surface area (Å²) in [6, 6.07) is 27.0. The molecule has 0 aliphatic carbocycles. The van der Waals surface area contributed by atoms with Crippen molar-refractivity contribution in [2.45, 2.75) is 26.2 Å². The topological polar surface area (TPSA) is 66.3 Å². The van der Waals surface area contributed by atoms with E-state index in [0.29, 0.717) is 22.5 Å². The molecule has 0 spiro atoms. The van der Waals surface area contributed by atoms with Crippen LogP contribution >= 0.6 is 0 Å². The van der Waals surface area contributed by atoms with Crippen molar-refractivity contribution in [2.75, 3.05) is 0 Å². The zero-order valence-electron chi connectivity index (χ0n) is 22.4. The first-order valence-electron chi connectivity index (χ1n) is 12.8. The number of rotatable bonds is 3. The molecule has 0 saturated carbocycles. The van der Waals surface area contributed by atoms with Gasteiger partial charge in [-0.25, -0.2) is 9.78 Å². The molecule has 0 atom stereocenters. The third-order valence-electron chi connectivity index (χ3n) is 7.23. The first kappa shape index (κ1) is 26.0. The summed E-state index contributed by atoms with van der Waals surface area (Å²) in [5, 5.41) is 2.90. The van der Waals surface area contributed by atoms with E-state index in [2.05, 4.69) is 72.8 Å². The molecule has 0 amide bonds. The molecule has 0 aliphatic heterocycles. The molecule has 4 aromatic heterocycles. The average Bonchev–Trinajstić information content (AvgIpc) is 3.55. The number of nitrogens with zero attached hydrogens (tertiary/aromatic N) is 5. The number of benzene rings is 3. The third-order valence-corrected chi connectivity index (χ3v) is 7.23. The summed E-state index contributed by atoms with van der Waals surface area (Å²) in [7, 11) is 1.74. The molecule has 4 heterocycles. The van der Waals surface area contributed by atoms with Crippen molar-refractivity contribution in [3.63, 3.8) is 0 Å². The second kappa shape index (κ2) is 9.46. The summed E-state index contributed by atoms with van der Waals surface area (Å²) < 4.78 is 11.5. The Kier molecular flexibility index (Phi) is 6.15. The molecule has 8 heteroatoms. The van der Waals surface area contributed by atoms with Gasteiger partial charge in [0.1, 0.15) is 5.82 Å². The van der Waals surface area contributed by atoms with Gasteiger partial charge in [0, 0.05) is 42.7 Å². The molecule has 0 unspecified atom stereocenters. The van der Waals surface area contributed by atoms with Crippen LogP contribution in [0.1, 0.15) is 26.3 Å². The molecular formula is C32H25N5O2Pt. The van der Waals surface area contributed by atoms with Crippen molar-refractivity contribution in [3.8, 4) is 17.3 Å². The van der Waals surface area contributed by atoms with E-state index >= 15 is 0 Å². The van der Waals surface area contributed by atoms with Crippen LogP contribution in [0.2, 0.25) is 0 Å². The Morgan fingerprint density at radius 1 is 0.850 bits per heavy atom. The molecule has 200 valence electrons. The Bertz CT molecular complexity index is 2130. The molecule has 40 heavy (non-hydrogen) atoms. The summed E-state index contributed by atoms with van der Waals surface area (Å²) in [4.78, 5) is 21.7. The smallest absolute Gasteiger partial charge is 0.503 e. The van der Waals surface area contributed by atoms with E-state index in [1.807, 2.05) is 36.5 Å². The van der Waals surface area contributed by atoms with Gasteiger partial charge in [0.15, 0.2) is 0 Å². The monoisotopic (exact) mass is 706 g/mol. The van der Waals surface area contributed by atoms with Crippen LogP contribution < -0.4 is 10.4 Å². The van der Waals surface area contributed by atoms with Crippen LogP contribution in [0.3, 0.4) is 0 Å². The first-order valence-corrected chi connectivity index (χ1v) is 12.8. The molecule has 0 radical (unpaired) electrons. The largest absolute Gasteiger partial charge is 2.00 e. The van der Waals surface area contributed by atoms with E-state index in [9.17, 15) is 4.79 Å². The van der Waals surface area contributed by atoms with Crippen LogP contribution in [0.15, 0.2) is 84.0 Å². The number of fused-ring (bicyclic) bond motifs is 6. The standard InChI is InChI=1S/C32H25N5O2.Pt/c1-32(2,3)20-13-14-33-29(17-20)37-27-8-6-5-7-23(27)24-11-9-22(19-28(24)37)39-21-10-12-26-25(18-21)30-34-15-16-36(30)31(38)35(26)4;/h5-17H,1-4H3;/q-2;+2. The summed E-state index contributed by atoms with van der Waals surface area (Å²) in [5.41, 5.74) is 4.25. The molecule has 7 aromatic rings. The molecule has 0 aliphatic rings. The molecular weight excluding hydrogens is 681 g/mol. The maximum absolute atomic E-state index is 12.6. The normalized spacial score (nSPS) is 11.9. The fourth-order valence-electron chi connectivity index (χ4n) is 5.18. The van der Waals surface area contributed by atoms with Gasteiger partial charge in [-0.3, -0.25) is 9.38 Å². The Labute approximate surface area is 244 Å². The van der Waals surface area contributed by atoms with Gasteiger partial charge in [0.25, 0.3) is 0 Å². The molecule has 0 fully saturated rings. The predicted molar refractivity (Wildman–Crippen MR) is 153 cm³/mol. The van der Waals surface area contributed by atoms with Crippen molar-refractivity contribution < 1.29 is 25.8 Å². The van der Waals surface area contributed by atoms with Gasteiger partial charge in [0.2, 0.25) is 0 Å². The van der Waals surface area contributed by atoms with Crippen LogP contribution in [0.25, 0.3) is 44.2 Å². The second-order valence-corrected chi connectivity index (χ2v) is 10.7. The van der Waals surface area contributed by atoms with E-state index in [0.717, 1.165) is 33.1 Å². The van der Waals surface area contributed by atoms with Gasteiger partial charge >= 0.3 is 26.8 Å². The fourth-order valence-corrected chi connectivity index (χ4v) is 5.18. The van der Waals surface area contributed by atoms with Crippen LogP contribution in [-0.4, -0.2) is 23.5 Å². The molecule has 7 nitrogen and oxygen atoms in total. The van der Waals surface area contributed by atoms with Gasteiger partial charge in [-0.15, -0.1) is 23.6 Å². The Hall–Kier alpha value is -4.22. The first-order chi connectivity index (χ1) is 18.8. The van der Waals surface area contributed by atoms with Crippen molar-refractivity contribution >= 4 is 38.4 Å². The second-order valence-electron chi connectivity index (χ2n) is 10.7. The van der Waals surface area contributed by atoms with Gasteiger partial charge in [-0.2, -0.15) is 6.07 Å². The summed E-state index contributed by atoms with van der Waals surface area (Å²) in [6.07, 6.45) is 5.13. The predicted octanol–water partition coefficient (Wildman–Crippen LogP) is 6.37. The average molecular weight is 707 g/mol. The number of para-hydroxylation sites is 1. The Balaban J connectivity index is 0.00000289. The Morgan fingerprint density at radius 3 is 2.45 bits per heavy atom. The quantitative estimate of drug-likeness (QED) is 0.201. The number of imidazole rings is 1. The SMILES string of the molecule is Cn1c(=O)n2ccnc2c2[c-]c(Oc3[c-]c4c(cc3)c3ccccc3n4-c3cc(C(C)(C)C)ccn3)ccc21.[Pt+2]. The number of hydrogen-bond donors (Lipinski definition) is 0. The van der Waals surface area contributed by atoms with Gasteiger partial charge < -0.3 is 13.9 Å². The van der Waals surface area contributed by atoms with E-state index in [4.69, 9.17) is 9.72 Å². The van der Waals surface area contributed by atoms with Crippen molar-refractivity contribution in [2.24, 2.45) is 7.05 Å². The third kappa shape index (κ3) is 4.04. The fraction of sp³-hybridized carbons (Fsp3) is 0.156. The van der Waals surface area contributed by atoms with Crippen LogP contribution in [0, 0.1) is 12.1 Å². The summed E-state index contributed by atoms with van der Waals surface area (Å²) >= 11 is 0. The van der Waals surface area contributed by atoms with E-state index < -0.39 is 0 Å². The molecule has 7 rings (SSSR count). The van der Waals surface area contributed by atoms with Gasteiger partial charge in [0.05, 0.1) is 5.65 Å². The number of ether oxygens (including phenoxy) is 1. The zero-order chi connectivity index (χ0) is 26.9. The van der Waals surface area contributed by atoms with Crippen molar-refractivity contribution in [1.29, 1.82) is 0 Å². The summed E-state index contributed by atoms with van der Waals surface area (Å²) in [6.45, 7) is 6.60. The van der Waals surface area contributed by atoms with Crippen LogP contribution in [0.4, 0.5) is 0 Å². The maximum Gasteiger partial charge on any atom is 2.00 e. The number of aryl methyl sites for hydroxylation is 1. The van der Waals surface area contributed by atoms with Gasteiger partial charge in [-0.05, 0) is 40.1 Å². The van der Waals surface area contributed by atoms with E-state index in [-0.39, 0.29) is 32.2 Å². The molecule has 0 saturated heterocycles. The van der Waals surface area contributed by atoms with Crippen LogP contribution in [-0.2, 0) is 33.5 Å². The minimum atomic E-state index is -0.159. The minimum Gasteiger partial charge on any atom is -0.503 e. The zero-order valence-corrected chi connectivity index (χ0v) is 24.6. The van der Waals surface area contributed by atoms with E-state index in [1.165, 1.54) is 9.96 Å². The van der Waals surface area contributed by atoms with Crippen molar-refractivity contribution in [1.82, 2.24) is 23.5 Å².